The van der Waals surface area contributed by atoms with Gasteiger partial charge in [-0.15, -0.1) is 0 Å². The second kappa shape index (κ2) is 7.83. The molecule has 0 spiro atoms. The van der Waals surface area contributed by atoms with Crippen molar-refractivity contribution in [1.29, 1.82) is 0 Å². The predicted octanol–water partition coefficient (Wildman–Crippen LogP) is 2.91. The SMILES string of the molecule is O=C(NNC(=O)c1c2c(nc3ccccc13)/C(=C\c1ccccc1)CC2)c1cn[nH]n1. The maximum absolute atomic E-state index is 13.1. The van der Waals surface area contributed by atoms with Crippen LogP contribution < -0.4 is 10.9 Å². The summed E-state index contributed by atoms with van der Waals surface area (Å²) in [6.45, 7) is 0. The number of aromatic amines is 1. The number of amides is 2. The van der Waals surface area contributed by atoms with Crippen LogP contribution in [0.1, 0.15) is 44.1 Å². The molecular weight excluding hydrogens is 392 g/mol. The minimum Gasteiger partial charge on any atom is -0.267 e. The van der Waals surface area contributed by atoms with Crippen molar-refractivity contribution in [2.45, 2.75) is 12.8 Å². The van der Waals surface area contributed by atoms with E-state index in [1.807, 2.05) is 54.6 Å². The van der Waals surface area contributed by atoms with Crippen LogP contribution in [0.15, 0.2) is 60.8 Å². The van der Waals surface area contributed by atoms with Crippen molar-refractivity contribution in [2.75, 3.05) is 0 Å². The van der Waals surface area contributed by atoms with Gasteiger partial charge in [0.2, 0.25) is 0 Å². The lowest BCUT2D eigenvalue weighted by atomic mass is 10.00. The summed E-state index contributed by atoms with van der Waals surface area (Å²) in [7, 11) is 0. The molecule has 0 aliphatic heterocycles. The van der Waals surface area contributed by atoms with Gasteiger partial charge in [-0.3, -0.25) is 20.4 Å². The Morgan fingerprint density at radius 1 is 0.935 bits per heavy atom. The van der Waals surface area contributed by atoms with Crippen molar-refractivity contribution in [1.82, 2.24) is 31.2 Å². The zero-order valence-corrected chi connectivity index (χ0v) is 16.4. The Balaban J connectivity index is 1.53. The molecule has 5 rings (SSSR count). The number of benzene rings is 2. The molecule has 0 fully saturated rings. The number of nitrogens with zero attached hydrogens (tertiary/aromatic N) is 3. The number of aromatic nitrogens is 4. The number of allylic oxidation sites excluding steroid dienone is 1. The molecule has 0 atom stereocenters. The monoisotopic (exact) mass is 410 g/mol. The van der Waals surface area contributed by atoms with Crippen LogP contribution in [0.2, 0.25) is 0 Å². The maximum Gasteiger partial charge on any atom is 0.291 e. The minimum absolute atomic E-state index is 0.0817. The zero-order chi connectivity index (χ0) is 21.2. The van der Waals surface area contributed by atoms with Gasteiger partial charge in [0.25, 0.3) is 11.8 Å². The van der Waals surface area contributed by atoms with E-state index in [1.54, 1.807) is 0 Å². The molecule has 31 heavy (non-hydrogen) atoms. The molecule has 0 saturated carbocycles. The van der Waals surface area contributed by atoms with E-state index in [4.69, 9.17) is 4.98 Å². The number of rotatable bonds is 3. The highest BCUT2D eigenvalue weighted by Crippen LogP contribution is 2.37. The molecule has 0 radical (unpaired) electrons. The van der Waals surface area contributed by atoms with Gasteiger partial charge < -0.3 is 0 Å². The molecule has 8 nitrogen and oxygen atoms in total. The fourth-order valence-electron chi connectivity index (χ4n) is 3.84. The molecule has 1 aliphatic rings. The molecule has 152 valence electrons. The van der Waals surface area contributed by atoms with Gasteiger partial charge in [-0.1, -0.05) is 48.5 Å². The van der Waals surface area contributed by atoms with E-state index < -0.39 is 11.8 Å². The van der Waals surface area contributed by atoms with Crippen LogP contribution in [0.3, 0.4) is 0 Å². The van der Waals surface area contributed by atoms with Gasteiger partial charge in [-0.05, 0) is 41.7 Å². The number of carbonyl (C=O) groups is 2. The van der Waals surface area contributed by atoms with Crippen molar-refractivity contribution < 1.29 is 9.59 Å². The average molecular weight is 410 g/mol. The highest BCUT2D eigenvalue weighted by Gasteiger charge is 2.27. The summed E-state index contributed by atoms with van der Waals surface area (Å²) < 4.78 is 0. The maximum atomic E-state index is 13.1. The first kappa shape index (κ1) is 18.7. The van der Waals surface area contributed by atoms with Crippen molar-refractivity contribution in [3.63, 3.8) is 0 Å². The second-order valence-electron chi connectivity index (χ2n) is 7.17. The number of carbonyl (C=O) groups excluding carboxylic acids is 2. The van der Waals surface area contributed by atoms with E-state index >= 15 is 0 Å². The molecule has 0 bridgehead atoms. The standard InChI is InChI=1S/C23H18N6O2/c30-22(19-13-24-29-26-19)27-28-23(31)20-16-8-4-5-9-18(16)25-21-15(10-11-17(20)21)12-14-6-2-1-3-7-14/h1-9,12-13H,10-11H2,(H,27,30)(H,28,31)(H,24,26,29)/b15-12-. The largest absolute Gasteiger partial charge is 0.291 e. The van der Waals surface area contributed by atoms with Crippen LogP contribution in [0.5, 0.6) is 0 Å². The average Bonchev–Trinajstić information content (AvgIpc) is 3.47. The Morgan fingerprint density at radius 2 is 1.71 bits per heavy atom. The smallest absolute Gasteiger partial charge is 0.267 e. The van der Waals surface area contributed by atoms with E-state index in [0.717, 1.165) is 39.7 Å². The fraction of sp³-hybridized carbons (Fsp3) is 0.0870. The van der Waals surface area contributed by atoms with Crippen LogP contribution >= 0.6 is 0 Å². The summed E-state index contributed by atoms with van der Waals surface area (Å²) in [6, 6.07) is 17.6. The molecule has 0 saturated heterocycles. The third-order valence-corrected chi connectivity index (χ3v) is 5.25. The number of hydrogen-bond acceptors (Lipinski definition) is 5. The van der Waals surface area contributed by atoms with Gasteiger partial charge in [-0.25, -0.2) is 4.98 Å². The number of hydrogen-bond donors (Lipinski definition) is 3. The van der Waals surface area contributed by atoms with Crippen LogP contribution in [0.4, 0.5) is 0 Å². The van der Waals surface area contributed by atoms with Gasteiger partial charge in [0, 0.05) is 5.39 Å². The molecule has 2 amide bonds. The van der Waals surface area contributed by atoms with Gasteiger partial charge in [0.15, 0.2) is 5.69 Å². The highest BCUT2D eigenvalue weighted by molar-refractivity contribution is 6.10. The summed E-state index contributed by atoms with van der Waals surface area (Å²) in [5, 5.41) is 10.4. The highest BCUT2D eigenvalue weighted by atomic mass is 16.2. The summed E-state index contributed by atoms with van der Waals surface area (Å²) in [5.41, 5.74) is 10.1. The van der Waals surface area contributed by atoms with Gasteiger partial charge in [0.1, 0.15) is 0 Å². The lowest BCUT2D eigenvalue weighted by Crippen LogP contribution is -2.42. The number of hydrazine groups is 1. The van der Waals surface area contributed by atoms with Gasteiger partial charge in [0.05, 0.1) is 23.0 Å². The second-order valence-corrected chi connectivity index (χ2v) is 7.17. The fourth-order valence-corrected chi connectivity index (χ4v) is 3.84. The Kier molecular flexibility index (Phi) is 4.72. The first-order valence-corrected chi connectivity index (χ1v) is 9.85. The Hall–Kier alpha value is -4.33. The number of pyridine rings is 1. The lowest BCUT2D eigenvalue weighted by Gasteiger charge is -2.13. The van der Waals surface area contributed by atoms with Gasteiger partial charge >= 0.3 is 0 Å². The molecule has 0 unspecified atom stereocenters. The van der Waals surface area contributed by atoms with E-state index in [2.05, 4.69) is 32.3 Å². The van der Waals surface area contributed by atoms with Crippen LogP contribution in [-0.4, -0.2) is 32.2 Å². The molecule has 3 N–H and O–H groups in total. The lowest BCUT2D eigenvalue weighted by molar-refractivity contribution is 0.0844. The number of nitrogens with one attached hydrogen (secondary N) is 3. The van der Waals surface area contributed by atoms with Gasteiger partial charge in [-0.2, -0.15) is 15.4 Å². The Labute approximate surface area is 177 Å². The minimum atomic E-state index is -0.554. The Bertz CT molecular complexity index is 1310. The van der Waals surface area contributed by atoms with E-state index in [-0.39, 0.29) is 5.69 Å². The third-order valence-electron chi connectivity index (χ3n) is 5.25. The summed E-state index contributed by atoms with van der Waals surface area (Å²) in [6.07, 6.45) is 4.88. The summed E-state index contributed by atoms with van der Waals surface area (Å²) >= 11 is 0. The first-order chi connectivity index (χ1) is 15.2. The van der Waals surface area contributed by atoms with E-state index in [0.29, 0.717) is 12.0 Å². The van der Waals surface area contributed by atoms with Crippen LogP contribution in [0.25, 0.3) is 22.6 Å². The summed E-state index contributed by atoms with van der Waals surface area (Å²) in [4.78, 5) is 30.1. The molecule has 4 aromatic rings. The van der Waals surface area contributed by atoms with Crippen molar-refractivity contribution in [3.05, 3.63) is 88.9 Å². The molecule has 2 aromatic heterocycles. The number of para-hydroxylation sites is 1. The molecular formula is C23H18N6O2. The van der Waals surface area contributed by atoms with E-state index in [9.17, 15) is 9.59 Å². The molecule has 8 heteroatoms. The number of fused-ring (bicyclic) bond motifs is 2. The van der Waals surface area contributed by atoms with Crippen molar-refractivity contribution in [3.8, 4) is 0 Å². The third kappa shape index (κ3) is 3.55. The molecule has 2 aromatic carbocycles. The Morgan fingerprint density at radius 3 is 2.52 bits per heavy atom. The number of H-pyrrole nitrogens is 1. The summed E-state index contributed by atoms with van der Waals surface area (Å²) in [5.74, 6) is -0.950. The molecule has 2 heterocycles. The van der Waals surface area contributed by atoms with Crippen molar-refractivity contribution >= 4 is 34.4 Å². The quantitative estimate of drug-likeness (QED) is 0.450. The first-order valence-electron chi connectivity index (χ1n) is 9.85. The normalized spacial score (nSPS) is 13.9. The zero-order valence-electron chi connectivity index (χ0n) is 16.4. The van der Waals surface area contributed by atoms with Crippen molar-refractivity contribution in [2.24, 2.45) is 0 Å². The predicted molar refractivity (Wildman–Crippen MR) is 116 cm³/mol. The van der Waals surface area contributed by atoms with Crippen LogP contribution in [-0.2, 0) is 6.42 Å². The molecule has 1 aliphatic carbocycles. The topological polar surface area (TPSA) is 113 Å². The van der Waals surface area contributed by atoms with Crippen LogP contribution in [0, 0.1) is 0 Å². The van der Waals surface area contributed by atoms with E-state index in [1.165, 1.54) is 6.20 Å².